The molecule has 0 aromatic rings. The van der Waals surface area contributed by atoms with Crippen molar-refractivity contribution in [1.82, 2.24) is 0 Å². The van der Waals surface area contributed by atoms with Crippen LogP contribution in [0.5, 0.6) is 0 Å². The second-order valence-electron chi connectivity index (χ2n) is 6.98. The molecule has 0 rings (SSSR count). The summed E-state index contributed by atoms with van der Waals surface area (Å²) in [5, 5.41) is 10.6. The molecule has 0 saturated carbocycles. The Morgan fingerprint density at radius 1 is 0.636 bits per heavy atom. The smallest absolute Gasteiger partial charge is 0.0777 e. The first-order valence-corrected chi connectivity index (χ1v) is 9.72. The number of hydrogen-bond donors (Lipinski definition) is 1. The summed E-state index contributed by atoms with van der Waals surface area (Å²) in [7, 11) is 3.31. The Labute approximate surface area is 140 Å². The van der Waals surface area contributed by atoms with Crippen molar-refractivity contribution in [3.8, 4) is 0 Å². The van der Waals surface area contributed by atoms with E-state index in [1.165, 1.54) is 77.0 Å². The Morgan fingerprint density at radius 2 is 1.00 bits per heavy atom. The van der Waals surface area contributed by atoms with Crippen LogP contribution in [0.15, 0.2) is 0 Å². The lowest BCUT2D eigenvalue weighted by molar-refractivity contribution is -0.839. The molecule has 0 bridgehead atoms. The summed E-state index contributed by atoms with van der Waals surface area (Å²) in [5.41, 5.74) is 5.45. The maximum absolute atomic E-state index is 10.6. The van der Waals surface area contributed by atoms with Crippen molar-refractivity contribution in [1.29, 1.82) is 0 Å². The fraction of sp³-hybridized carbons (Fsp3) is 1.00. The van der Waals surface area contributed by atoms with Gasteiger partial charge in [0.1, 0.15) is 0 Å². The maximum atomic E-state index is 10.6. The van der Waals surface area contributed by atoms with Crippen molar-refractivity contribution in [3.63, 3.8) is 0 Å². The molecule has 22 heavy (non-hydrogen) atoms. The van der Waals surface area contributed by atoms with Crippen molar-refractivity contribution in [2.45, 2.75) is 97.3 Å². The molecule has 0 fully saturated rings. The zero-order valence-electron chi connectivity index (χ0n) is 16.0. The van der Waals surface area contributed by atoms with Crippen LogP contribution in [0.25, 0.3) is 0 Å². The third-order valence-corrected chi connectivity index (χ3v) is 3.82. The van der Waals surface area contributed by atoms with Gasteiger partial charge in [-0.05, 0) is 19.4 Å². The number of nitrogens with zero attached hydrogens (tertiary/aromatic N) is 1. The van der Waals surface area contributed by atoms with E-state index in [9.17, 15) is 5.21 Å². The summed E-state index contributed by atoms with van der Waals surface area (Å²) in [5.74, 6) is 0. The Morgan fingerprint density at radius 3 is 1.23 bits per heavy atom. The molecule has 0 aromatic carbocycles. The van der Waals surface area contributed by atoms with Gasteiger partial charge in [-0.25, -0.2) is 0 Å². The van der Waals surface area contributed by atoms with Crippen LogP contribution in [0.2, 0.25) is 0 Å². The van der Waals surface area contributed by atoms with E-state index in [0.717, 1.165) is 19.5 Å². The van der Waals surface area contributed by atoms with E-state index in [-0.39, 0.29) is 4.65 Å². The molecule has 0 spiro atoms. The van der Waals surface area contributed by atoms with Gasteiger partial charge in [-0.2, -0.15) is 0 Å². The zero-order chi connectivity index (χ0) is 17.1. The molecule has 0 radical (unpaired) electrons. The average molecular weight is 317 g/mol. The predicted octanol–water partition coefficient (Wildman–Crippen LogP) is 5.62. The van der Waals surface area contributed by atoms with Crippen LogP contribution < -0.4 is 5.73 Å². The van der Waals surface area contributed by atoms with E-state index in [4.69, 9.17) is 5.73 Å². The molecular formula is C19H44N2O. The highest BCUT2D eigenvalue weighted by Gasteiger charge is 1.95. The van der Waals surface area contributed by atoms with Crippen LogP contribution in [0.1, 0.15) is 97.3 Å². The van der Waals surface area contributed by atoms with Gasteiger partial charge < -0.3 is 15.6 Å². The molecule has 0 heterocycles. The zero-order valence-corrected chi connectivity index (χ0v) is 16.0. The van der Waals surface area contributed by atoms with Crippen molar-refractivity contribution in [2.75, 3.05) is 27.2 Å². The number of hydrogen-bond acceptors (Lipinski definition) is 2. The standard InChI is InChI=1S/C14H31N.C5H13NO/c1-2-3-4-5-6-7-8-9-10-11-12-13-14-15;1-4-5-6(2,3)7/h2-15H2,1H3;4-5H2,1-3H3. The lowest BCUT2D eigenvalue weighted by Crippen LogP contribution is -2.32. The molecular weight excluding hydrogens is 272 g/mol. The highest BCUT2D eigenvalue weighted by Crippen LogP contribution is 2.11. The topological polar surface area (TPSA) is 49.1 Å². The van der Waals surface area contributed by atoms with E-state index in [1.54, 1.807) is 14.1 Å². The Kier molecular flexibility index (Phi) is 20.8. The molecule has 0 aromatic heterocycles. The van der Waals surface area contributed by atoms with Gasteiger partial charge in [0.05, 0.1) is 20.6 Å². The van der Waals surface area contributed by atoms with Gasteiger partial charge >= 0.3 is 0 Å². The second-order valence-corrected chi connectivity index (χ2v) is 6.98. The van der Waals surface area contributed by atoms with Crippen LogP contribution in [0.3, 0.4) is 0 Å². The van der Waals surface area contributed by atoms with Crippen LogP contribution in [0, 0.1) is 5.21 Å². The molecule has 3 heteroatoms. The van der Waals surface area contributed by atoms with Gasteiger partial charge in [0.2, 0.25) is 0 Å². The number of unbranched alkanes of at least 4 members (excludes halogenated alkanes) is 11. The van der Waals surface area contributed by atoms with Crippen molar-refractivity contribution in [2.24, 2.45) is 5.73 Å². The van der Waals surface area contributed by atoms with Gasteiger partial charge in [0.25, 0.3) is 0 Å². The molecule has 0 atom stereocenters. The molecule has 0 aliphatic heterocycles. The second kappa shape index (κ2) is 18.9. The highest BCUT2D eigenvalue weighted by molar-refractivity contribution is 4.48. The lowest BCUT2D eigenvalue weighted by atomic mass is 10.1. The fourth-order valence-corrected chi connectivity index (χ4v) is 2.52. The van der Waals surface area contributed by atoms with E-state index < -0.39 is 0 Å². The molecule has 136 valence electrons. The molecule has 0 aliphatic carbocycles. The third-order valence-electron chi connectivity index (χ3n) is 3.82. The molecule has 2 N–H and O–H groups in total. The highest BCUT2D eigenvalue weighted by atomic mass is 16.5. The lowest BCUT2D eigenvalue weighted by Gasteiger charge is -2.33. The minimum atomic E-state index is -0.156. The van der Waals surface area contributed by atoms with E-state index in [1.807, 2.05) is 6.92 Å². The van der Waals surface area contributed by atoms with Gasteiger partial charge in [-0.1, -0.05) is 84.5 Å². The maximum Gasteiger partial charge on any atom is 0.0777 e. The van der Waals surface area contributed by atoms with Gasteiger partial charge in [0.15, 0.2) is 0 Å². The average Bonchev–Trinajstić information content (AvgIpc) is 2.44. The minimum Gasteiger partial charge on any atom is -0.633 e. The third kappa shape index (κ3) is 28.1. The van der Waals surface area contributed by atoms with Gasteiger partial charge in [0, 0.05) is 0 Å². The Balaban J connectivity index is 0. The Bertz CT molecular complexity index is 178. The van der Waals surface area contributed by atoms with Crippen molar-refractivity contribution < 1.29 is 4.65 Å². The van der Waals surface area contributed by atoms with Crippen molar-refractivity contribution in [3.05, 3.63) is 5.21 Å². The van der Waals surface area contributed by atoms with E-state index in [2.05, 4.69) is 6.92 Å². The monoisotopic (exact) mass is 316 g/mol. The van der Waals surface area contributed by atoms with E-state index in [0.29, 0.717) is 0 Å². The van der Waals surface area contributed by atoms with Gasteiger partial charge in [-0.15, -0.1) is 0 Å². The predicted molar refractivity (Wildman–Crippen MR) is 101 cm³/mol. The van der Waals surface area contributed by atoms with Gasteiger partial charge in [-0.3, -0.25) is 0 Å². The number of hydroxylamine groups is 3. The van der Waals surface area contributed by atoms with E-state index >= 15 is 0 Å². The first-order valence-electron chi connectivity index (χ1n) is 9.72. The summed E-state index contributed by atoms with van der Waals surface area (Å²) in [6.45, 7) is 5.89. The number of rotatable bonds is 14. The largest absolute Gasteiger partial charge is 0.633 e. The summed E-state index contributed by atoms with van der Waals surface area (Å²) >= 11 is 0. The first-order chi connectivity index (χ1) is 10.5. The first kappa shape index (κ1) is 24.1. The molecule has 3 nitrogen and oxygen atoms in total. The molecule has 0 aliphatic rings. The number of quaternary nitrogens is 1. The van der Waals surface area contributed by atoms with Crippen LogP contribution in [-0.4, -0.2) is 31.8 Å². The normalized spacial score (nSPS) is 11.2. The molecule has 0 unspecified atom stereocenters. The molecule has 0 amide bonds. The minimum absolute atomic E-state index is 0.156. The number of nitrogens with two attached hydrogens (primary N) is 1. The fourth-order valence-electron chi connectivity index (χ4n) is 2.52. The molecule has 0 saturated heterocycles. The Hall–Kier alpha value is -0.120. The van der Waals surface area contributed by atoms with Crippen LogP contribution >= 0.6 is 0 Å². The summed E-state index contributed by atoms with van der Waals surface area (Å²) in [4.78, 5) is 0. The van der Waals surface area contributed by atoms with Crippen molar-refractivity contribution >= 4 is 0 Å². The van der Waals surface area contributed by atoms with Crippen LogP contribution in [0.4, 0.5) is 0 Å². The summed E-state index contributed by atoms with van der Waals surface area (Å²) in [6, 6.07) is 0. The summed E-state index contributed by atoms with van der Waals surface area (Å²) < 4.78 is -0.156. The summed E-state index contributed by atoms with van der Waals surface area (Å²) in [6.07, 6.45) is 17.9. The van der Waals surface area contributed by atoms with Crippen LogP contribution in [-0.2, 0) is 0 Å². The quantitative estimate of drug-likeness (QED) is 0.257. The SMILES string of the molecule is CCCCCCCCCCCCCCN.CCC[N+](C)(C)[O-].